The number of allylic oxidation sites excluding steroid dienone is 4. The number of nitrogens with zero attached hydrogens (tertiary/aromatic N) is 3. The van der Waals surface area contributed by atoms with E-state index in [0.29, 0.717) is 26.7 Å². The van der Waals surface area contributed by atoms with Gasteiger partial charge in [0.2, 0.25) is 5.96 Å². The van der Waals surface area contributed by atoms with E-state index in [9.17, 15) is 8.78 Å². The first-order valence-corrected chi connectivity index (χ1v) is 12.5. The Morgan fingerprint density at radius 1 is 1.20 bits per heavy atom. The van der Waals surface area contributed by atoms with Gasteiger partial charge in [-0.2, -0.15) is 0 Å². The molecule has 0 aromatic heterocycles. The van der Waals surface area contributed by atoms with Gasteiger partial charge in [-0.05, 0) is 18.9 Å². The molecule has 1 atom stereocenters. The molecule has 1 aromatic rings. The Morgan fingerprint density at radius 3 is 2.43 bits per heavy atom. The van der Waals surface area contributed by atoms with Gasteiger partial charge in [0.15, 0.2) is 23.1 Å². The molecule has 0 bridgehead atoms. The molecule has 190 valence electrons. The summed E-state index contributed by atoms with van der Waals surface area (Å²) in [5.74, 6) is -1.18. The fourth-order valence-corrected chi connectivity index (χ4v) is 4.77. The van der Waals surface area contributed by atoms with Gasteiger partial charge in [-0.25, -0.2) is 18.8 Å². The molecule has 11 heteroatoms. The van der Waals surface area contributed by atoms with Crippen LogP contribution in [0.4, 0.5) is 8.78 Å². The molecule has 1 unspecified atom stereocenters. The van der Waals surface area contributed by atoms with Crippen molar-refractivity contribution >= 4 is 21.3 Å². The molecule has 8 nitrogen and oxygen atoms in total. The molecule has 3 rings (SSSR count). The summed E-state index contributed by atoms with van der Waals surface area (Å²) < 4.78 is 44.7. The van der Waals surface area contributed by atoms with E-state index in [2.05, 4.69) is 38.3 Å². The third kappa shape index (κ3) is 7.02. The summed E-state index contributed by atoms with van der Waals surface area (Å²) in [5, 5.41) is 6.56. The van der Waals surface area contributed by atoms with Gasteiger partial charge in [0, 0.05) is 56.0 Å². The lowest BCUT2D eigenvalue weighted by Crippen LogP contribution is -2.42. The van der Waals surface area contributed by atoms with Crippen LogP contribution in [0.1, 0.15) is 18.9 Å². The molecule has 0 aliphatic carbocycles. The van der Waals surface area contributed by atoms with Crippen molar-refractivity contribution in [3.8, 4) is 11.5 Å². The van der Waals surface area contributed by atoms with Crippen molar-refractivity contribution in [1.82, 2.24) is 15.5 Å². The summed E-state index contributed by atoms with van der Waals surface area (Å²) in [6, 6.07) is 1.16. The van der Waals surface area contributed by atoms with E-state index < -0.39 is 11.6 Å². The number of hydrogen-bond donors (Lipinski definition) is 2. The quantitative estimate of drug-likeness (QED) is 0.230. The van der Waals surface area contributed by atoms with Crippen LogP contribution in [-0.4, -0.2) is 64.1 Å². The standard InChI is InChI=1S/C24H32F2N5O3P/c1-5-17(34-14-18-22(25)19(32-3)12-20(33-4)23(18)26)13-29-24(27-2)30-16-6-7-21(35-15-16)31-10-8-28-9-11-31/h6-7,12-13,28,35H,2,5,8-11,14-15H2,1,3-4H3,(H,29,30)/b17-13+. The Hall–Kier alpha value is -2.97. The lowest BCUT2D eigenvalue weighted by atomic mass is 10.1. The van der Waals surface area contributed by atoms with E-state index in [-0.39, 0.29) is 23.7 Å². The van der Waals surface area contributed by atoms with Crippen molar-refractivity contribution in [1.29, 1.82) is 0 Å². The van der Waals surface area contributed by atoms with Crippen molar-refractivity contribution in [2.24, 2.45) is 9.98 Å². The maximum absolute atomic E-state index is 14.6. The van der Waals surface area contributed by atoms with Gasteiger partial charge in [-0.1, -0.05) is 15.5 Å². The fraction of sp³-hybridized carbons (Fsp3) is 0.417. The van der Waals surface area contributed by atoms with Gasteiger partial charge >= 0.3 is 0 Å². The molecule has 0 radical (unpaired) electrons. The van der Waals surface area contributed by atoms with Gasteiger partial charge in [0.05, 0.1) is 26.0 Å². The van der Waals surface area contributed by atoms with Crippen molar-refractivity contribution in [3.05, 3.63) is 58.5 Å². The maximum atomic E-state index is 14.6. The number of rotatable bonds is 9. The number of benzene rings is 1. The zero-order valence-corrected chi connectivity index (χ0v) is 21.3. The first-order chi connectivity index (χ1) is 17.0. The minimum Gasteiger partial charge on any atom is -0.494 e. The summed E-state index contributed by atoms with van der Waals surface area (Å²) >= 11 is 0. The zero-order valence-electron chi connectivity index (χ0n) is 20.3. The molecule has 35 heavy (non-hydrogen) atoms. The minimum atomic E-state index is -0.835. The van der Waals surface area contributed by atoms with E-state index in [0.717, 1.165) is 44.1 Å². The zero-order chi connectivity index (χ0) is 25.2. The van der Waals surface area contributed by atoms with Crippen LogP contribution in [0.3, 0.4) is 0 Å². The predicted molar refractivity (Wildman–Crippen MR) is 137 cm³/mol. The SMILES string of the molecule is C=NC(=N/C=C(\CC)OCc1c(F)c(OC)cc(OC)c1F)NC1=CC=C(N2CCNCC2)PC1. The first kappa shape index (κ1) is 26.6. The monoisotopic (exact) mass is 507 g/mol. The fourth-order valence-electron chi connectivity index (χ4n) is 3.54. The van der Waals surface area contributed by atoms with Crippen molar-refractivity contribution in [2.45, 2.75) is 20.0 Å². The molecular formula is C24H32F2N5O3P. The third-order valence-electron chi connectivity index (χ3n) is 5.53. The smallest absolute Gasteiger partial charge is 0.226 e. The number of methoxy groups -OCH3 is 2. The van der Waals surface area contributed by atoms with Gasteiger partial charge in [0.25, 0.3) is 0 Å². The number of guanidine groups is 1. The van der Waals surface area contributed by atoms with E-state index >= 15 is 0 Å². The number of halogens is 2. The Bertz CT molecular complexity index is 1010. The molecule has 2 aliphatic heterocycles. The second-order valence-corrected chi connectivity index (χ2v) is 8.91. The van der Waals surface area contributed by atoms with Crippen LogP contribution >= 0.6 is 8.58 Å². The number of ether oxygens (including phenoxy) is 3. The van der Waals surface area contributed by atoms with Crippen molar-refractivity contribution < 1.29 is 23.0 Å². The highest BCUT2D eigenvalue weighted by atomic mass is 31.1. The first-order valence-electron chi connectivity index (χ1n) is 11.3. The van der Waals surface area contributed by atoms with Crippen LogP contribution in [0, 0.1) is 11.6 Å². The summed E-state index contributed by atoms with van der Waals surface area (Å²) in [6.07, 6.45) is 6.97. The van der Waals surface area contributed by atoms with Gasteiger partial charge in [-0.15, -0.1) is 0 Å². The average Bonchev–Trinajstić information content (AvgIpc) is 2.90. The molecule has 1 aromatic carbocycles. The van der Waals surface area contributed by atoms with Crippen LogP contribution in [0.5, 0.6) is 11.5 Å². The molecule has 0 saturated carbocycles. The van der Waals surface area contributed by atoms with Crippen molar-refractivity contribution in [3.63, 3.8) is 0 Å². The second kappa shape index (κ2) is 13.2. The van der Waals surface area contributed by atoms with Crippen LogP contribution in [0.2, 0.25) is 0 Å². The van der Waals surface area contributed by atoms with Crippen LogP contribution in [-0.2, 0) is 11.3 Å². The Kier molecular flexibility index (Phi) is 10.0. The summed E-state index contributed by atoms with van der Waals surface area (Å²) in [6.45, 7) is 9.14. The number of aliphatic imine (C=N–C) groups is 2. The minimum absolute atomic E-state index is 0.125. The second-order valence-electron chi connectivity index (χ2n) is 7.70. The molecule has 1 fully saturated rings. The van der Waals surface area contributed by atoms with Gasteiger partial charge in [-0.3, -0.25) is 0 Å². The molecule has 0 spiro atoms. The molecule has 2 heterocycles. The normalized spacial score (nSPS) is 17.6. The average molecular weight is 508 g/mol. The predicted octanol–water partition coefficient (Wildman–Crippen LogP) is 3.72. The van der Waals surface area contributed by atoms with Crippen LogP contribution < -0.4 is 20.1 Å². The maximum Gasteiger partial charge on any atom is 0.226 e. The summed E-state index contributed by atoms with van der Waals surface area (Å²) in [7, 11) is 3.26. The molecule has 2 aliphatic rings. The summed E-state index contributed by atoms with van der Waals surface area (Å²) in [4.78, 5) is 10.7. The Labute approximate surface area is 206 Å². The highest BCUT2D eigenvalue weighted by Crippen LogP contribution is 2.33. The lowest BCUT2D eigenvalue weighted by molar-refractivity contribution is 0.181. The van der Waals surface area contributed by atoms with Crippen LogP contribution in [0.25, 0.3) is 0 Å². The highest BCUT2D eigenvalue weighted by Gasteiger charge is 2.21. The van der Waals surface area contributed by atoms with E-state index in [1.165, 1.54) is 25.9 Å². The summed E-state index contributed by atoms with van der Waals surface area (Å²) in [5.41, 5.74) is 2.07. The molecular weight excluding hydrogens is 475 g/mol. The molecule has 1 saturated heterocycles. The number of piperazine rings is 1. The van der Waals surface area contributed by atoms with Gasteiger partial charge in [0.1, 0.15) is 12.4 Å². The lowest BCUT2D eigenvalue weighted by Gasteiger charge is -2.32. The topological polar surface area (TPSA) is 79.7 Å². The van der Waals surface area contributed by atoms with E-state index in [4.69, 9.17) is 14.2 Å². The number of hydrogen-bond acceptors (Lipinski definition) is 6. The van der Waals surface area contributed by atoms with Crippen molar-refractivity contribution in [2.75, 3.05) is 46.6 Å². The third-order valence-corrected chi connectivity index (χ3v) is 6.93. The van der Waals surface area contributed by atoms with Crippen LogP contribution in [0.15, 0.2) is 51.3 Å². The highest BCUT2D eigenvalue weighted by molar-refractivity contribution is 7.43. The molecule has 2 N–H and O–H groups in total. The van der Waals surface area contributed by atoms with Gasteiger partial charge < -0.3 is 29.7 Å². The van der Waals surface area contributed by atoms with E-state index in [1.807, 2.05) is 13.0 Å². The number of nitrogens with one attached hydrogen (secondary N) is 2. The molecule has 0 amide bonds. The Balaban J connectivity index is 1.67. The Morgan fingerprint density at radius 2 is 1.89 bits per heavy atom. The van der Waals surface area contributed by atoms with E-state index in [1.54, 1.807) is 0 Å². The largest absolute Gasteiger partial charge is 0.494 e.